The maximum absolute atomic E-state index is 13.0. The van der Waals surface area contributed by atoms with E-state index in [0.29, 0.717) is 0 Å². The Kier molecular flexibility index (Phi) is 14.3. The summed E-state index contributed by atoms with van der Waals surface area (Å²) < 4.78 is 26.0. The number of ketones is 1. The predicted octanol–water partition coefficient (Wildman–Crippen LogP) is 6.53. The Hall–Kier alpha value is -0.510. The minimum Gasteiger partial charge on any atom is -0.302 e. The van der Waals surface area contributed by atoms with Crippen molar-refractivity contribution in [3.8, 4) is 0 Å². The minimum atomic E-state index is -2.77. The van der Waals surface area contributed by atoms with Gasteiger partial charge in [-0.25, -0.2) is 8.78 Å². The maximum Gasteiger partial charge on any atom is 0.257 e. The van der Waals surface area contributed by atoms with Gasteiger partial charge >= 0.3 is 0 Å². The van der Waals surface area contributed by atoms with Crippen LogP contribution in [0.15, 0.2) is 0 Å². The lowest BCUT2D eigenvalue weighted by atomic mass is 9.88. The van der Waals surface area contributed by atoms with E-state index >= 15 is 0 Å². The predicted molar refractivity (Wildman–Crippen MR) is 103 cm³/mol. The molecule has 150 valence electrons. The molecule has 0 amide bonds. The number of rotatable bonds is 17. The molecule has 0 radical (unpaired) electrons. The fourth-order valence-electron chi connectivity index (χ4n) is 3.20. The van der Waals surface area contributed by atoms with Gasteiger partial charge in [0.2, 0.25) is 0 Å². The Morgan fingerprint density at radius 1 is 0.880 bits per heavy atom. The van der Waals surface area contributed by atoms with Crippen LogP contribution in [0.3, 0.4) is 0 Å². The molecule has 0 saturated carbocycles. The summed E-state index contributed by atoms with van der Waals surface area (Å²) in [5, 5.41) is 2.72. The molecule has 0 bridgehead atoms. The second kappa shape index (κ2) is 14.6. The molecule has 0 aromatic heterocycles. The molecule has 2 nitrogen and oxygen atoms in total. The first-order valence-corrected chi connectivity index (χ1v) is 10.5. The molecule has 0 aliphatic heterocycles. The third-order valence-corrected chi connectivity index (χ3v) is 4.86. The van der Waals surface area contributed by atoms with Crippen LogP contribution in [0.25, 0.3) is 0 Å². The fraction of sp³-hybridized carbons (Fsp3) is 0.952. The van der Waals surface area contributed by atoms with Crippen molar-refractivity contribution in [3.63, 3.8) is 0 Å². The number of unbranched alkanes of at least 4 members (excludes halogenated alkanes) is 8. The topological polar surface area (TPSA) is 29.1 Å². The van der Waals surface area contributed by atoms with Crippen LogP contribution in [0.2, 0.25) is 0 Å². The summed E-state index contributed by atoms with van der Waals surface area (Å²) in [5.41, 5.74) is 0. The van der Waals surface area contributed by atoms with Crippen molar-refractivity contribution in [1.82, 2.24) is 5.32 Å². The van der Waals surface area contributed by atoms with E-state index in [4.69, 9.17) is 0 Å². The number of hydrogen-bond acceptors (Lipinski definition) is 2. The SMILES string of the molecule is CCCCCCCC(CCCCCCC)C(=O)C(C)NCC(C)(F)F. The molecule has 0 saturated heterocycles. The molecular weight excluding hydrogens is 320 g/mol. The van der Waals surface area contributed by atoms with Crippen molar-refractivity contribution in [1.29, 1.82) is 0 Å². The zero-order valence-electron chi connectivity index (χ0n) is 17.0. The summed E-state index contributed by atoms with van der Waals surface area (Å²) in [6.07, 6.45) is 13.7. The number of halogens is 2. The first kappa shape index (κ1) is 24.5. The summed E-state index contributed by atoms with van der Waals surface area (Å²) in [4.78, 5) is 12.7. The van der Waals surface area contributed by atoms with Crippen LogP contribution in [0.1, 0.15) is 105 Å². The molecular formula is C21H41F2NO. The second-order valence-corrected chi connectivity index (χ2v) is 7.68. The number of alkyl halides is 2. The third kappa shape index (κ3) is 14.4. The summed E-state index contributed by atoms with van der Waals surface area (Å²) in [6, 6.07) is -0.484. The summed E-state index contributed by atoms with van der Waals surface area (Å²) >= 11 is 0. The molecule has 1 N–H and O–H groups in total. The van der Waals surface area contributed by atoms with Crippen LogP contribution in [-0.2, 0) is 4.79 Å². The minimum absolute atomic E-state index is 0.0243. The quantitative estimate of drug-likeness (QED) is 0.299. The van der Waals surface area contributed by atoms with Gasteiger partial charge in [-0.1, -0.05) is 78.1 Å². The zero-order valence-corrected chi connectivity index (χ0v) is 17.0. The van der Waals surface area contributed by atoms with Crippen molar-refractivity contribution >= 4 is 5.78 Å². The summed E-state index contributed by atoms with van der Waals surface area (Å²) in [6.45, 7) is 6.57. The Labute approximate surface area is 154 Å². The maximum atomic E-state index is 13.0. The summed E-state index contributed by atoms with van der Waals surface area (Å²) in [7, 11) is 0. The number of carbonyl (C=O) groups is 1. The molecule has 0 aromatic carbocycles. The molecule has 0 heterocycles. The van der Waals surface area contributed by atoms with Gasteiger partial charge in [0.05, 0.1) is 12.6 Å². The van der Waals surface area contributed by atoms with E-state index in [0.717, 1.165) is 32.6 Å². The molecule has 0 rings (SSSR count). The number of Topliss-reactive ketones (excluding diaryl/α,β-unsaturated/α-hetero) is 1. The van der Waals surface area contributed by atoms with Crippen molar-refractivity contribution in [3.05, 3.63) is 0 Å². The lowest BCUT2D eigenvalue weighted by molar-refractivity contribution is -0.125. The van der Waals surface area contributed by atoms with Gasteiger partial charge in [-0.2, -0.15) is 0 Å². The van der Waals surface area contributed by atoms with E-state index in [1.165, 1.54) is 51.4 Å². The van der Waals surface area contributed by atoms with Crippen LogP contribution >= 0.6 is 0 Å². The zero-order chi connectivity index (χ0) is 19.1. The fourth-order valence-corrected chi connectivity index (χ4v) is 3.20. The Morgan fingerprint density at radius 2 is 1.32 bits per heavy atom. The highest BCUT2D eigenvalue weighted by molar-refractivity contribution is 5.85. The number of carbonyl (C=O) groups excluding carboxylic acids is 1. The van der Waals surface area contributed by atoms with Crippen LogP contribution < -0.4 is 5.32 Å². The molecule has 1 atom stereocenters. The standard InChI is InChI=1S/C21H41F2NO/c1-5-7-9-11-13-15-19(16-14-12-10-8-6-2)20(25)18(3)24-17-21(4,22)23/h18-19,24H,5-17H2,1-4H3. The average Bonchev–Trinajstić information content (AvgIpc) is 2.56. The van der Waals surface area contributed by atoms with Crippen LogP contribution in [0.5, 0.6) is 0 Å². The highest BCUT2D eigenvalue weighted by Gasteiger charge is 2.27. The monoisotopic (exact) mass is 361 g/mol. The van der Waals surface area contributed by atoms with Crippen molar-refractivity contribution in [2.45, 2.75) is 117 Å². The Balaban J connectivity index is 4.38. The normalized spacial score (nSPS) is 13.4. The molecule has 0 aliphatic carbocycles. The van der Waals surface area contributed by atoms with Crippen LogP contribution in [0.4, 0.5) is 8.78 Å². The molecule has 0 aromatic rings. The molecule has 4 heteroatoms. The van der Waals surface area contributed by atoms with Gasteiger partial charge in [-0.3, -0.25) is 4.79 Å². The lowest BCUT2D eigenvalue weighted by Gasteiger charge is -2.22. The van der Waals surface area contributed by atoms with E-state index in [9.17, 15) is 13.6 Å². The first-order chi connectivity index (χ1) is 11.8. The highest BCUT2D eigenvalue weighted by atomic mass is 19.3. The van der Waals surface area contributed by atoms with Gasteiger partial charge in [-0.05, 0) is 19.8 Å². The van der Waals surface area contributed by atoms with Gasteiger partial charge in [-0.15, -0.1) is 0 Å². The molecule has 0 fully saturated rings. The van der Waals surface area contributed by atoms with Crippen molar-refractivity contribution < 1.29 is 13.6 Å². The molecule has 25 heavy (non-hydrogen) atoms. The second-order valence-electron chi connectivity index (χ2n) is 7.68. The largest absolute Gasteiger partial charge is 0.302 e. The van der Waals surface area contributed by atoms with Gasteiger partial charge in [0.25, 0.3) is 5.92 Å². The molecule has 0 aliphatic rings. The van der Waals surface area contributed by atoms with E-state index in [1.807, 2.05) is 0 Å². The van der Waals surface area contributed by atoms with E-state index in [1.54, 1.807) is 6.92 Å². The van der Waals surface area contributed by atoms with Gasteiger partial charge in [0.15, 0.2) is 5.78 Å². The van der Waals surface area contributed by atoms with E-state index in [2.05, 4.69) is 19.2 Å². The van der Waals surface area contributed by atoms with Gasteiger partial charge < -0.3 is 5.32 Å². The Bertz CT molecular complexity index is 314. The van der Waals surface area contributed by atoms with Gasteiger partial charge in [0, 0.05) is 12.8 Å². The number of nitrogens with one attached hydrogen (secondary N) is 1. The number of hydrogen-bond donors (Lipinski definition) is 1. The van der Waals surface area contributed by atoms with E-state index < -0.39 is 18.5 Å². The molecule has 0 spiro atoms. The van der Waals surface area contributed by atoms with E-state index in [-0.39, 0.29) is 11.7 Å². The summed E-state index contributed by atoms with van der Waals surface area (Å²) in [5.74, 6) is -2.63. The first-order valence-electron chi connectivity index (χ1n) is 10.5. The average molecular weight is 362 g/mol. The van der Waals surface area contributed by atoms with Crippen molar-refractivity contribution in [2.75, 3.05) is 6.54 Å². The smallest absolute Gasteiger partial charge is 0.257 e. The Morgan fingerprint density at radius 3 is 1.72 bits per heavy atom. The highest BCUT2D eigenvalue weighted by Crippen LogP contribution is 2.21. The molecule has 1 unspecified atom stereocenters. The third-order valence-electron chi connectivity index (χ3n) is 4.86. The van der Waals surface area contributed by atoms with Crippen LogP contribution in [-0.4, -0.2) is 24.3 Å². The van der Waals surface area contributed by atoms with Crippen LogP contribution in [0, 0.1) is 5.92 Å². The van der Waals surface area contributed by atoms with Crippen molar-refractivity contribution in [2.24, 2.45) is 5.92 Å². The van der Waals surface area contributed by atoms with Gasteiger partial charge in [0.1, 0.15) is 0 Å². The lowest BCUT2D eigenvalue weighted by Crippen LogP contribution is -2.43.